The molecule has 1 unspecified atom stereocenters. The standard InChI is InChI=1S/C26H30N2O2/c1-26(2,3)17-24-22(8-12-27-24)23-18-28(13-9-25(23)29)21-6-4-19(5-7-21)16-20-10-14-30-15-11-20/h4-9,12-13,16,18,24H,10-11,14-15,17H2,1-3H3. The Labute approximate surface area is 178 Å². The molecule has 0 saturated carbocycles. The summed E-state index contributed by atoms with van der Waals surface area (Å²) in [5, 5.41) is 0. The van der Waals surface area contributed by atoms with E-state index in [-0.39, 0.29) is 16.9 Å². The zero-order valence-electron chi connectivity index (χ0n) is 18.1. The number of hydrogen-bond acceptors (Lipinski definition) is 3. The van der Waals surface area contributed by atoms with Gasteiger partial charge in [0.1, 0.15) is 0 Å². The molecule has 0 bridgehead atoms. The van der Waals surface area contributed by atoms with Gasteiger partial charge in [-0.15, -0.1) is 0 Å². The molecule has 3 heterocycles. The van der Waals surface area contributed by atoms with E-state index in [2.05, 4.69) is 56.1 Å². The minimum absolute atomic E-state index is 0.0435. The number of nitrogens with zero attached hydrogens (tertiary/aromatic N) is 2. The van der Waals surface area contributed by atoms with Crippen LogP contribution >= 0.6 is 0 Å². The van der Waals surface area contributed by atoms with Crippen molar-refractivity contribution in [3.8, 4) is 5.69 Å². The lowest BCUT2D eigenvalue weighted by atomic mass is 9.84. The van der Waals surface area contributed by atoms with Crippen molar-refractivity contribution >= 4 is 17.9 Å². The topological polar surface area (TPSA) is 43.6 Å². The summed E-state index contributed by atoms with van der Waals surface area (Å²) in [6, 6.07) is 10.2. The molecule has 4 rings (SSSR count). The molecule has 0 radical (unpaired) electrons. The summed E-state index contributed by atoms with van der Waals surface area (Å²) in [5.74, 6) is 0. The van der Waals surface area contributed by atoms with Crippen LogP contribution < -0.4 is 5.43 Å². The van der Waals surface area contributed by atoms with Crippen LogP contribution in [0.25, 0.3) is 17.3 Å². The van der Waals surface area contributed by atoms with Gasteiger partial charge < -0.3 is 9.30 Å². The molecule has 1 atom stereocenters. The molecule has 0 amide bonds. The first-order valence-corrected chi connectivity index (χ1v) is 10.7. The van der Waals surface area contributed by atoms with Gasteiger partial charge in [-0.1, -0.05) is 44.6 Å². The van der Waals surface area contributed by atoms with E-state index in [1.807, 2.05) is 29.3 Å². The second-order valence-corrected chi connectivity index (χ2v) is 9.34. The van der Waals surface area contributed by atoms with Gasteiger partial charge in [-0.3, -0.25) is 9.79 Å². The first kappa shape index (κ1) is 20.5. The first-order chi connectivity index (χ1) is 14.4. The van der Waals surface area contributed by atoms with Crippen LogP contribution in [-0.2, 0) is 4.74 Å². The summed E-state index contributed by atoms with van der Waals surface area (Å²) < 4.78 is 7.45. The molecule has 0 aliphatic carbocycles. The van der Waals surface area contributed by atoms with Gasteiger partial charge in [0.2, 0.25) is 0 Å². The van der Waals surface area contributed by atoms with Gasteiger partial charge >= 0.3 is 0 Å². The molecule has 0 spiro atoms. The molecule has 0 N–H and O–H groups in total. The van der Waals surface area contributed by atoms with E-state index in [4.69, 9.17) is 4.74 Å². The van der Waals surface area contributed by atoms with Crippen molar-refractivity contribution in [2.45, 2.75) is 46.1 Å². The summed E-state index contributed by atoms with van der Waals surface area (Å²) in [6.07, 6.45) is 12.8. The van der Waals surface area contributed by atoms with Gasteiger partial charge in [0.15, 0.2) is 5.43 Å². The predicted molar refractivity (Wildman–Crippen MR) is 124 cm³/mol. The Morgan fingerprint density at radius 2 is 1.87 bits per heavy atom. The van der Waals surface area contributed by atoms with E-state index in [1.165, 1.54) is 11.1 Å². The number of allylic oxidation sites excluding steroid dienone is 1. The summed E-state index contributed by atoms with van der Waals surface area (Å²) in [4.78, 5) is 17.3. The quantitative estimate of drug-likeness (QED) is 0.696. The average molecular weight is 403 g/mol. The Bertz CT molecular complexity index is 1040. The summed E-state index contributed by atoms with van der Waals surface area (Å²) in [5.41, 5.74) is 5.63. The number of benzene rings is 1. The average Bonchev–Trinajstić information content (AvgIpc) is 3.16. The Kier molecular flexibility index (Phi) is 5.87. The van der Waals surface area contributed by atoms with Crippen LogP contribution in [0.2, 0.25) is 0 Å². The van der Waals surface area contributed by atoms with Crippen molar-refractivity contribution in [1.82, 2.24) is 4.57 Å². The SMILES string of the molecule is CC(C)(C)CC1N=CC=C1c1cn(-c2ccc(C=C3CCOCC3)cc2)ccc1=O. The third-order valence-corrected chi connectivity index (χ3v) is 5.61. The number of pyridine rings is 1. The van der Waals surface area contributed by atoms with Crippen molar-refractivity contribution in [3.63, 3.8) is 0 Å². The molecule has 30 heavy (non-hydrogen) atoms. The van der Waals surface area contributed by atoms with E-state index in [0.29, 0.717) is 0 Å². The van der Waals surface area contributed by atoms with Gasteiger partial charge in [0, 0.05) is 35.9 Å². The largest absolute Gasteiger partial charge is 0.381 e. The minimum atomic E-state index is 0.0435. The van der Waals surface area contributed by atoms with Gasteiger partial charge in [-0.2, -0.15) is 0 Å². The van der Waals surface area contributed by atoms with E-state index >= 15 is 0 Å². The molecule has 156 valence electrons. The van der Waals surface area contributed by atoms with Crippen molar-refractivity contribution in [2.75, 3.05) is 13.2 Å². The molecule has 1 fully saturated rings. The maximum atomic E-state index is 12.6. The lowest BCUT2D eigenvalue weighted by Gasteiger charge is -2.23. The van der Waals surface area contributed by atoms with Gasteiger partial charge in [0.25, 0.3) is 0 Å². The fourth-order valence-corrected chi connectivity index (χ4v) is 4.05. The van der Waals surface area contributed by atoms with Gasteiger partial charge in [-0.05, 0) is 54.0 Å². The highest BCUT2D eigenvalue weighted by atomic mass is 16.5. The fourth-order valence-electron chi connectivity index (χ4n) is 4.05. The third-order valence-electron chi connectivity index (χ3n) is 5.61. The molecule has 2 aliphatic heterocycles. The lowest BCUT2D eigenvalue weighted by molar-refractivity contribution is 0.119. The molecule has 1 aromatic heterocycles. The maximum Gasteiger partial charge on any atom is 0.189 e. The van der Waals surface area contributed by atoms with E-state index in [1.54, 1.807) is 6.07 Å². The van der Waals surface area contributed by atoms with Gasteiger partial charge in [0.05, 0.1) is 19.3 Å². The molecule has 4 heteroatoms. The third kappa shape index (κ3) is 4.88. The van der Waals surface area contributed by atoms with E-state index in [0.717, 1.165) is 49.3 Å². The zero-order chi connectivity index (χ0) is 21.1. The van der Waals surface area contributed by atoms with Crippen LogP contribution in [0, 0.1) is 5.41 Å². The van der Waals surface area contributed by atoms with Crippen molar-refractivity contribution in [1.29, 1.82) is 0 Å². The molecule has 1 aromatic carbocycles. The minimum Gasteiger partial charge on any atom is -0.381 e. The summed E-state index contributed by atoms with van der Waals surface area (Å²) in [6.45, 7) is 8.26. The first-order valence-electron chi connectivity index (χ1n) is 10.7. The van der Waals surface area contributed by atoms with E-state index in [9.17, 15) is 4.79 Å². The van der Waals surface area contributed by atoms with Crippen molar-refractivity contribution < 1.29 is 4.74 Å². The lowest BCUT2D eigenvalue weighted by Crippen LogP contribution is -2.20. The molecule has 4 nitrogen and oxygen atoms in total. The molecular formula is C26H30N2O2. The smallest absolute Gasteiger partial charge is 0.189 e. The second kappa shape index (κ2) is 8.57. The van der Waals surface area contributed by atoms with Crippen molar-refractivity contribution in [3.05, 3.63) is 75.7 Å². The van der Waals surface area contributed by atoms with Crippen LogP contribution in [0.4, 0.5) is 0 Å². The number of aromatic nitrogens is 1. The Morgan fingerprint density at radius 1 is 1.13 bits per heavy atom. The van der Waals surface area contributed by atoms with Crippen LogP contribution in [-0.4, -0.2) is 30.0 Å². The van der Waals surface area contributed by atoms with E-state index < -0.39 is 0 Å². The molecule has 2 aromatic rings. The highest BCUT2D eigenvalue weighted by molar-refractivity contribution is 5.91. The number of ether oxygens (including phenoxy) is 1. The van der Waals surface area contributed by atoms with Crippen LogP contribution in [0.15, 0.2) is 64.2 Å². The Morgan fingerprint density at radius 3 is 2.57 bits per heavy atom. The number of aliphatic imine (C=N–C) groups is 1. The Hall–Kier alpha value is -2.72. The number of hydrogen-bond donors (Lipinski definition) is 0. The highest BCUT2D eigenvalue weighted by Crippen LogP contribution is 2.32. The normalized spacial score (nSPS) is 19.1. The molecular weight excluding hydrogens is 372 g/mol. The highest BCUT2D eigenvalue weighted by Gasteiger charge is 2.25. The molecule has 2 aliphatic rings. The summed E-state index contributed by atoms with van der Waals surface area (Å²) in [7, 11) is 0. The predicted octanol–water partition coefficient (Wildman–Crippen LogP) is 5.30. The second-order valence-electron chi connectivity index (χ2n) is 9.34. The summed E-state index contributed by atoms with van der Waals surface area (Å²) >= 11 is 0. The van der Waals surface area contributed by atoms with Crippen LogP contribution in [0.5, 0.6) is 0 Å². The number of rotatable bonds is 4. The monoisotopic (exact) mass is 402 g/mol. The Balaban J connectivity index is 1.58. The van der Waals surface area contributed by atoms with Crippen LogP contribution in [0.1, 0.15) is 51.2 Å². The maximum absolute atomic E-state index is 12.6. The zero-order valence-corrected chi connectivity index (χ0v) is 18.1. The fraction of sp³-hybridized carbons (Fsp3) is 0.385. The van der Waals surface area contributed by atoms with Gasteiger partial charge in [-0.25, -0.2) is 0 Å². The van der Waals surface area contributed by atoms with Crippen LogP contribution in [0.3, 0.4) is 0 Å². The van der Waals surface area contributed by atoms with Crippen molar-refractivity contribution in [2.24, 2.45) is 10.4 Å². The molecule has 1 saturated heterocycles.